The van der Waals surface area contributed by atoms with E-state index >= 15 is 0 Å². The van der Waals surface area contributed by atoms with Crippen LogP contribution in [0.2, 0.25) is 0 Å². The highest BCUT2D eigenvalue weighted by Crippen LogP contribution is 2.06. The number of ether oxygens (including phenoxy) is 1. The molecule has 0 bridgehead atoms. The monoisotopic (exact) mass is 236 g/mol. The van der Waals surface area contributed by atoms with E-state index in [4.69, 9.17) is 0 Å². The molecule has 0 aliphatic rings. The molecule has 0 spiro atoms. The van der Waals surface area contributed by atoms with Gasteiger partial charge in [0.2, 0.25) is 5.91 Å². The standard InChI is InChI=1S/C12H16N2O3/c1-3-17-12(16)8-11(15)14-13-10-6-4-9(2)5-7-10/h4-7,13H,3,8H2,1-2H3,(H,14,15). The number of esters is 1. The maximum atomic E-state index is 11.3. The van der Waals surface area contributed by atoms with Gasteiger partial charge in [0.1, 0.15) is 6.42 Å². The summed E-state index contributed by atoms with van der Waals surface area (Å²) in [5.41, 5.74) is 7.02. The van der Waals surface area contributed by atoms with Crippen LogP contribution >= 0.6 is 0 Å². The lowest BCUT2D eigenvalue weighted by Gasteiger charge is -2.08. The molecule has 0 heterocycles. The number of hydrogen-bond acceptors (Lipinski definition) is 4. The van der Waals surface area contributed by atoms with E-state index in [0.717, 1.165) is 11.3 Å². The Morgan fingerprint density at radius 3 is 2.47 bits per heavy atom. The summed E-state index contributed by atoms with van der Waals surface area (Å²) >= 11 is 0. The second kappa shape index (κ2) is 6.52. The summed E-state index contributed by atoms with van der Waals surface area (Å²) in [6.45, 7) is 3.95. The fourth-order valence-electron chi connectivity index (χ4n) is 1.17. The summed E-state index contributed by atoms with van der Waals surface area (Å²) in [7, 11) is 0. The first kappa shape index (κ1) is 13.0. The smallest absolute Gasteiger partial charge is 0.315 e. The van der Waals surface area contributed by atoms with Crippen molar-refractivity contribution in [3.8, 4) is 0 Å². The zero-order chi connectivity index (χ0) is 12.7. The van der Waals surface area contributed by atoms with Gasteiger partial charge in [0.25, 0.3) is 0 Å². The first-order valence-corrected chi connectivity index (χ1v) is 5.39. The van der Waals surface area contributed by atoms with E-state index in [2.05, 4.69) is 15.6 Å². The molecule has 2 N–H and O–H groups in total. The Bertz CT molecular complexity index is 387. The molecule has 1 aromatic carbocycles. The highest BCUT2D eigenvalue weighted by molar-refractivity contribution is 5.94. The van der Waals surface area contributed by atoms with Gasteiger partial charge in [-0.1, -0.05) is 17.7 Å². The fraction of sp³-hybridized carbons (Fsp3) is 0.333. The Hall–Kier alpha value is -2.04. The zero-order valence-corrected chi connectivity index (χ0v) is 9.95. The van der Waals surface area contributed by atoms with Gasteiger partial charge >= 0.3 is 5.97 Å². The number of aryl methyl sites for hydroxylation is 1. The molecule has 0 radical (unpaired) electrons. The van der Waals surface area contributed by atoms with Gasteiger partial charge in [-0.05, 0) is 26.0 Å². The lowest BCUT2D eigenvalue weighted by atomic mass is 10.2. The molecule has 0 saturated carbocycles. The average Bonchev–Trinajstić information content (AvgIpc) is 2.28. The zero-order valence-electron chi connectivity index (χ0n) is 9.95. The lowest BCUT2D eigenvalue weighted by molar-refractivity contribution is -0.145. The molecule has 1 rings (SSSR count). The first-order chi connectivity index (χ1) is 8.11. The van der Waals surface area contributed by atoms with Crippen molar-refractivity contribution in [2.75, 3.05) is 12.0 Å². The number of benzene rings is 1. The molecule has 17 heavy (non-hydrogen) atoms. The van der Waals surface area contributed by atoms with Crippen molar-refractivity contribution in [3.63, 3.8) is 0 Å². The summed E-state index contributed by atoms with van der Waals surface area (Å²) in [6.07, 6.45) is -0.285. The Kier molecular flexibility index (Phi) is 5.00. The van der Waals surface area contributed by atoms with E-state index in [9.17, 15) is 9.59 Å². The molecular formula is C12H16N2O3. The summed E-state index contributed by atoms with van der Waals surface area (Å²) in [5.74, 6) is -0.959. The lowest BCUT2D eigenvalue weighted by Crippen LogP contribution is -2.31. The van der Waals surface area contributed by atoms with Gasteiger partial charge < -0.3 is 4.74 Å². The molecule has 5 nitrogen and oxygen atoms in total. The van der Waals surface area contributed by atoms with Crippen molar-refractivity contribution in [1.82, 2.24) is 5.43 Å². The average molecular weight is 236 g/mol. The van der Waals surface area contributed by atoms with Crippen LogP contribution in [-0.2, 0) is 14.3 Å². The van der Waals surface area contributed by atoms with Gasteiger partial charge in [0.15, 0.2) is 0 Å². The van der Waals surface area contributed by atoms with E-state index in [1.165, 1.54) is 0 Å². The summed E-state index contributed by atoms with van der Waals surface area (Å²) in [5, 5.41) is 0. The van der Waals surface area contributed by atoms with Crippen LogP contribution in [-0.4, -0.2) is 18.5 Å². The van der Waals surface area contributed by atoms with Crippen molar-refractivity contribution < 1.29 is 14.3 Å². The van der Waals surface area contributed by atoms with Crippen LogP contribution in [0.4, 0.5) is 5.69 Å². The predicted octanol–water partition coefficient (Wildman–Crippen LogP) is 1.39. The van der Waals surface area contributed by atoms with Crippen molar-refractivity contribution in [3.05, 3.63) is 29.8 Å². The largest absolute Gasteiger partial charge is 0.466 e. The van der Waals surface area contributed by atoms with E-state index < -0.39 is 11.9 Å². The Balaban J connectivity index is 2.33. The molecule has 1 aromatic rings. The highest BCUT2D eigenvalue weighted by Gasteiger charge is 2.09. The van der Waals surface area contributed by atoms with Crippen molar-refractivity contribution in [2.24, 2.45) is 0 Å². The topological polar surface area (TPSA) is 67.4 Å². The molecule has 0 fully saturated rings. The number of nitrogens with one attached hydrogen (secondary N) is 2. The van der Waals surface area contributed by atoms with Gasteiger partial charge in [0, 0.05) is 0 Å². The molecule has 1 amide bonds. The third-order valence-electron chi connectivity index (χ3n) is 2.01. The quantitative estimate of drug-likeness (QED) is 0.460. The number of anilines is 1. The third-order valence-corrected chi connectivity index (χ3v) is 2.01. The van der Waals surface area contributed by atoms with Gasteiger partial charge in [-0.3, -0.25) is 20.4 Å². The minimum Gasteiger partial charge on any atom is -0.466 e. The van der Waals surface area contributed by atoms with Gasteiger partial charge in [0.05, 0.1) is 12.3 Å². The number of carbonyl (C=O) groups is 2. The van der Waals surface area contributed by atoms with Crippen LogP contribution in [0, 0.1) is 6.92 Å². The van der Waals surface area contributed by atoms with Crippen molar-refractivity contribution in [1.29, 1.82) is 0 Å². The molecule has 0 aliphatic carbocycles. The third kappa shape index (κ3) is 5.01. The molecule has 0 atom stereocenters. The summed E-state index contributed by atoms with van der Waals surface area (Å²) in [4.78, 5) is 22.3. The highest BCUT2D eigenvalue weighted by atomic mass is 16.5. The summed E-state index contributed by atoms with van der Waals surface area (Å²) < 4.78 is 4.65. The number of hydrogen-bond donors (Lipinski definition) is 2. The summed E-state index contributed by atoms with van der Waals surface area (Å²) in [6, 6.07) is 7.50. The molecule has 0 aliphatic heterocycles. The Labute approximate surface area is 100 Å². The van der Waals surface area contributed by atoms with Gasteiger partial charge in [-0.15, -0.1) is 0 Å². The van der Waals surface area contributed by atoms with Crippen LogP contribution in [0.5, 0.6) is 0 Å². The maximum Gasteiger partial charge on any atom is 0.315 e. The van der Waals surface area contributed by atoms with Crippen LogP contribution < -0.4 is 10.9 Å². The van der Waals surface area contributed by atoms with Crippen molar-refractivity contribution >= 4 is 17.6 Å². The number of rotatable bonds is 5. The molecule has 92 valence electrons. The Morgan fingerprint density at radius 1 is 1.24 bits per heavy atom. The minimum absolute atomic E-state index is 0.275. The van der Waals surface area contributed by atoms with Gasteiger partial charge in [-0.2, -0.15) is 0 Å². The molecule has 0 saturated heterocycles. The number of hydrazine groups is 1. The van der Waals surface area contributed by atoms with E-state index in [1.54, 1.807) is 6.92 Å². The second-order valence-corrected chi connectivity index (χ2v) is 3.52. The molecule has 0 unspecified atom stereocenters. The molecular weight excluding hydrogens is 220 g/mol. The number of carbonyl (C=O) groups excluding carboxylic acids is 2. The van der Waals surface area contributed by atoms with Crippen LogP contribution in [0.1, 0.15) is 18.9 Å². The van der Waals surface area contributed by atoms with E-state index in [-0.39, 0.29) is 13.0 Å². The normalized spacial score (nSPS) is 9.53. The van der Waals surface area contributed by atoms with E-state index in [1.807, 2.05) is 31.2 Å². The van der Waals surface area contributed by atoms with E-state index in [0.29, 0.717) is 0 Å². The predicted molar refractivity (Wildman–Crippen MR) is 64.2 cm³/mol. The minimum atomic E-state index is -0.532. The number of amides is 1. The SMILES string of the molecule is CCOC(=O)CC(=O)NNc1ccc(C)cc1. The Morgan fingerprint density at radius 2 is 1.88 bits per heavy atom. The van der Waals surface area contributed by atoms with Gasteiger partial charge in [-0.25, -0.2) is 0 Å². The van der Waals surface area contributed by atoms with Crippen LogP contribution in [0.3, 0.4) is 0 Å². The van der Waals surface area contributed by atoms with Crippen LogP contribution in [0.25, 0.3) is 0 Å². The second-order valence-electron chi connectivity index (χ2n) is 3.52. The fourth-order valence-corrected chi connectivity index (χ4v) is 1.17. The molecule has 0 aromatic heterocycles. The molecule has 5 heteroatoms. The first-order valence-electron chi connectivity index (χ1n) is 5.39. The van der Waals surface area contributed by atoms with Crippen molar-refractivity contribution in [2.45, 2.75) is 20.3 Å². The maximum absolute atomic E-state index is 11.3. The van der Waals surface area contributed by atoms with Crippen LogP contribution in [0.15, 0.2) is 24.3 Å².